The molecule has 1 spiro atoms. The number of halogens is 2. The monoisotopic (exact) mass is 464 g/mol. The zero-order chi connectivity index (χ0) is 22.5. The molecule has 0 amide bonds. The van der Waals surface area contributed by atoms with Crippen molar-refractivity contribution in [2.75, 3.05) is 33.3 Å². The number of fused-ring (bicyclic) bond motifs is 1. The molecular formula is C23H26F2N2O4S. The molecule has 3 fully saturated rings. The van der Waals surface area contributed by atoms with Crippen LogP contribution in [0.25, 0.3) is 0 Å². The minimum atomic E-state index is -3.48. The molecule has 0 aromatic heterocycles. The van der Waals surface area contributed by atoms with Crippen LogP contribution in [-0.4, -0.2) is 67.9 Å². The molecule has 3 saturated heterocycles. The van der Waals surface area contributed by atoms with Crippen LogP contribution in [0.3, 0.4) is 0 Å². The number of likely N-dealkylation sites (tertiary alicyclic amines) is 1. The summed E-state index contributed by atoms with van der Waals surface area (Å²) in [5.41, 5.74) is 0.889. The van der Waals surface area contributed by atoms with E-state index >= 15 is 0 Å². The van der Waals surface area contributed by atoms with Gasteiger partial charge < -0.3 is 9.47 Å². The number of rotatable bonds is 6. The number of ether oxygens (including phenoxy) is 2. The number of benzene rings is 2. The third-order valence-corrected chi connectivity index (χ3v) is 9.13. The fourth-order valence-electron chi connectivity index (χ4n) is 5.35. The molecule has 6 nitrogen and oxygen atoms in total. The quantitative estimate of drug-likeness (QED) is 0.658. The van der Waals surface area contributed by atoms with Crippen molar-refractivity contribution in [3.8, 4) is 5.75 Å². The van der Waals surface area contributed by atoms with Gasteiger partial charge in [0.1, 0.15) is 16.6 Å². The fourth-order valence-corrected chi connectivity index (χ4v) is 7.66. The number of nitrogens with zero attached hydrogens (tertiary/aromatic N) is 2. The lowest BCUT2D eigenvalue weighted by Crippen LogP contribution is -2.54. The molecule has 2 aromatic carbocycles. The molecule has 3 aliphatic rings. The minimum Gasteiger partial charge on any atom is -0.497 e. The molecule has 5 rings (SSSR count). The minimum absolute atomic E-state index is 0.172. The molecule has 0 radical (unpaired) electrons. The molecule has 0 N–H and O–H groups in total. The lowest BCUT2D eigenvalue weighted by atomic mass is 9.99. The summed E-state index contributed by atoms with van der Waals surface area (Å²) in [7, 11) is -1.88. The summed E-state index contributed by atoms with van der Waals surface area (Å²) < 4.78 is 66.6. The molecule has 3 heterocycles. The van der Waals surface area contributed by atoms with Gasteiger partial charge in [0, 0.05) is 32.7 Å². The Balaban J connectivity index is 1.30. The van der Waals surface area contributed by atoms with Crippen LogP contribution in [0.2, 0.25) is 0 Å². The van der Waals surface area contributed by atoms with Crippen LogP contribution in [0.5, 0.6) is 5.75 Å². The smallest absolute Gasteiger partial charge is 0.220 e. The van der Waals surface area contributed by atoms with Crippen LogP contribution >= 0.6 is 0 Å². The van der Waals surface area contributed by atoms with Crippen molar-refractivity contribution >= 4 is 10.0 Å². The molecule has 9 heteroatoms. The third kappa shape index (κ3) is 3.81. The lowest BCUT2D eigenvalue weighted by Gasteiger charge is -2.39. The van der Waals surface area contributed by atoms with Gasteiger partial charge in [-0.2, -0.15) is 4.31 Å². The third-order valence-electron chi connectivity index (χ3n) is 6.76. The van der Waals surface area contributed by atoms with Gasteiger partial charge in [-0.3, -0.25) is 4.90 Å². The van der Waals surface area contributed by atoms with E-state index in [9.17, 15) is 17.2 Å². The van der Waals surface area contributed by atoms with Gasteiger partial charge >= 0.3 is 0 Å². The number of hydrogen-bond acceptors (Lipinski definition) is 5. The number of morpholine rings is 1. The Morgan fingerprint density at radius 1 is 1.12 bits per heavy atom. The van der Waals surface area contributed by atoms with E-state index in [1.165, 1.54) is 6.07 Å². The van der Waals surface area contributed by atoms with Gasteiger partial charge in [-0.1, -0.05) is 18.2 Å². The van der Waals surface area contributed by atoms with Crippen molar-refractivity contribution in [3.05, 3.63) is 65.2 Å². The average molecular weight is 465 g/mol. The molecule has 172 valence electrons. The van der Waals surface area contributed by atoms with Crippen LogP contribution in [-0.2, 0) is 27.7 Å². The zero-order valence-electron chi connectivity index (χ0n) is 17.8. The van der Waals surface area contributed by atoms with Crippen molar-refractivity contribution in [2.45, 2.75) is 36.3 Å². The lowest BCUT2D eigenvalue weighted by molar-refractivity contribution is -0.109. The summed E-state index contributed by atoms with van der Waals surface area (Å²) in [6.45, 7) is 2.15. The van der Waals surface area contributed by atoms with Gasteiger partial charge in [0.15, 0.2) is 11.6 Å². The van der Waals surface area contributed by atoms with Crippen LogP contribution in [0.4, 0.5) is 8.78 Å². The number of hydrogen-bond donors (Lipinski definition) is 0. The van der Waals surface area contributed by atoms with Crippen LogP contribution in [0.1, 0.15) is 17.5 Å². The molecule has 0 unspecified atom stereocenters. The van der Waals surface area contributed by atoms with E-state index in [2.05, 4.69) is 4.90 Å². The normalized spacial score (nSPS) is 29.2. The largest absolute Gasteiger partial charge is 0.497 e. The first-order valence-corrected chi connectivity index (χ1v) is 12.3. The van der Waals surface area contributed by atoms with Gasteiger partial charge in [-0.05, 0) is 48.2 Å². The van der Waals surface area contributed by atoms with Crippen molar-refractivity contribution < 1.29 is 26.7 Å². The highest BCUT2D eigenvalue weighted by molar-refractivity contribution is 7.90. The predicted molar refractivity (Wildman–Crippen MR) is 115 cm³/mol. The van der Waals surface area contributed by atoms with Crippen molar-refractivity contribution in [1.29, 1.82) is 0 Å². The first kappa shape index (κ1) is 21.8. The van der Waals surface area contributed by atoms with Gasteiger partial charge in [-0.25, -0.2) is 17.2 Å². The first-order valence-electron chi connectivity index (χ1n) is 10.7. The van der Waals surface area contributed by atoms with E-state index < -0.39 is 32.5 Å². The Bertz CT molecular complexity index is 1130. The first-order chi connectivity index (χ1) is 15.3. The predicted octanol–water partition coefficient (Wildman–Crippen LogP) is 2.57. The Morgan fingerprint density at radius 2 is 1.97 bits per heavy atom. The molecule has 0 saturated carbocycles. The summed E-state index contributed by atoms with van der Waals surface area (Å²) in [4.78, 5) is 2.10. The molecular weight excluding hydrogens is 438 g/mol. The molecule has 3 aliphatic heterocycles. The van der Waals surface area contributed by atoms with E-state index in [0.717, 1.165) is 17.4 Å². The van der Waals surface area contributed by atoms with Gasteiger partial charge in [0.2, 0.25) is 10.0 Å². The molecule has 2 bridgehead atoms. The topological polar surface area (TPSA) is 59.1 Å². The number of sulfonamides is 1. The molecule has 32 heavy (non-hydrogen) atoms. The van der Waals surface area contributed by atoms with Crippen molar-refractivity contribution in [3.63, 3.8) is 0 Å². The highest BCUT2D eigenvalue weighted by Gasteiger charge is 2.64. The van der Waals surface area contributed by atoms with E-state index in [4.69, 9.17) is 9.47 Å². The Labute approximate surface area is 186 Å². The highest BCUT2D eigenvalue weighted by atomic mass is 32.2. The second kappa shape index (κ2) is 8.06. The van der Waals surface area contributed by atoms with Gasteiger partial charge in [0.25, 0.3) is 0 Å². The highest BCUT2D eigenvalue weighted by Crippen LogP contribution is 2.46. The Hall–Kier alpha value is -2.07. The summed E-state index contributed by atoms with van der Waals surface area (Å²) in [6.07, 6.45) is 0.877. The zero-order valence-corrected chi connectivity index (χ0v) is 18.7. The maximum absolute atomic E-state index is 13.6. The summed E-state index contributed by atoms with van der Waals surface area (Å²) >= 11 is 0. The maximum atomic E-state index is 13.6. The second-order valence-corrected chi connectivity index (χ2v) is 11.0. The number of methoxy groups -OCH3 is 1. The SMILES string of the molecule is COc1cccc(CCN2C[C@@]34CN(Cc5ccc(F)c(F)c5)C[C@@H](C[C@@H]3S2(=O)=O)O4)c1. The molecule has 3 atom stereocenters. The van der Waals surface area contributed by atoms with Crippen LogP contribution in [0.15, 0.2) is 42.5 Å². The summed E-state index contributed by atoms with van der Waals surface area (Å²) in [5.74, 6) is -1.00. The van der Waals surface area contributed by atoms with E-state index in [-0.39, 0.29) is 6.10 Å². The Morgan fingerprint density at radius 3 is 2.75 bits per heavy atom. The fraction of sp³-hybridized carbons (Fsp3) is 0.478. The maximum Gasteiger partial charge on any atom is 0.220 e. The summed E-state index contributed by atoms with van der Waals surface area (Å²) in [5, 5.41) is -0.569. The average Bonchev–Trinajstić information content (AvgIpc) is 3.14. The van der Waals surface area contributed by atoms with E-state index in [1.54, 1.807) is 17.5 Å². The standard InChI is InChI=1S/C23H26F2N2O4S/c1-30-18-4-2-3-16(9-18)7-8-27-15-23-14-26(12-17-5-6-20(24)21(25)10-17)13-19(31-23)11-22(23)32(27,28)29/h2-6,9-10,19,22H,7-8,11-15H2,1H3/t19-,22+,23+/m1/s1. The van der Waals surface area contributed by atoms with E-state index in [1.807, 2.05) is 24.3 Å². The van der Waals surface area contributed by atoms with Crippen LogP contribution in [0, 0.1) is 11.6 Å². The van der Waals surface area contributed by atoms with E-state index in [0.29, 0.717) is 51.1 Å². The molecule has 2 aromatic rings. The van der Waals surface area contributed by atoms with Crippen molar-refractivity contribution in [1.82, 2.24) is 9.21 Å². The van der Waals surface area contributed by atoms with Gasteiger partial charge in [-0.15, -0.1) is 0 Å². The van der Waals surface area contributed by atoms with Crippen LogP contribution < -0.4 is 4.74 Å². The second-order valence-electron chi connectivity index (χ2n) is 8.93. The summed E-state index contributed by atoms with van der Waals surface area (Å²) in [6, 6.07) is 11.5. The van der Waals surface area contributed by atoms with Crippen molar-refractivity contribution in [2.24, 2.45) is 0 Å². The van der Waals surface area contributed by atoms with Gasteiger partial charge in [0.05, 0.1) is 13.2 Å². The Kier molecular flexibility index (Phi) is 5.48. The molecule has 0 aliphatic carbocycles.